The lowest BCUT2D eigenvalue weighted by Crippen LogP contribution is -2.31. The molecule has 2 N–H and O–H groups in total. The molecule has 0 heterocycles. The van der Waals surface area contributed by atoms with E-state index in [-0.39, 0.29) is 31.6 Å². The van der Waals surface area contributed by atoms with E-state index >= 15 is 0 Å². The highest BCUT2D eigenvalue weighted by Crippen LogP contribution is 2.15. The van der Waals surface area contributed by atoms with Crippen LogP contribution < -0.4 is 5.32 Å². The van der Waals surface area contributed by atoms with E-state index in [1.54, 1.807) is 0 Å². The fourth-order valence-corrected chi connectivity index (χ4v) is 4.45. The van der Waals surface area contributed by atoms with Crippen molar-refractivity contribution in [3.63, 3.8) is 0 Å². The molecule has 0 radical (unpaired) electrons. The molecule has 1 amide bonds. The molecule has 7 nitrogen and oxygen atoms in total. The highest BCUT2D eigenvalue weighted by molar-refractivity contribution is 5.80. The van der Waals surface area contributed by atoms with Gasteiger partial charge in [-0.3, -0.25) is 14.4 Å². The summed E-state index contributed by atoms with van der Waals surface area (Å²) in [5.74, 6) is -1.33. The molecule has 0 saturated heterocycles. The molecule has 38 heavy (non-hydrogen) atoms. The second-order valence-corrected chi connectivity index (χ2v) is 10.8. The molecule has 0 aliphatic heterocycles. The first-order valence-corrected chi connectivity index (χ1v) is 15.7. The number of hydrogen-bond acceptors (Lipinski definition) is 6. The van der Waals surface area contributed by atoms with E-state index in [9.17, 15) is 19.5 Å². The molecule has 0 aromatic heterocycles. The average molecular weight is 542 g/mol. The van der Waals surface area contributed by atoms with Gasteiger partial charge in [-0.25, -0.2) is 0 Å². The highest BCUT2D eigenvalue weighted by Gasteiger charge is 2.12. The summed E-state index contributed by atoms with van der Waals surface area (Å²) in [4.78, 5) is 33.8. The summed E-state index contributed by atoms with van der Waals surface area (Å²) in [6.07, 6.45) is 27.1. The predicted octanol–water partition coefficient (Wildman–Crippen LogP) is 7.17. The van der Waals surface area contributed by atoms with Crippen molar-refractivity contribution in [1.29, 1.82) is 0 Å². The molecular weight excluding hydrogens is 482 g/mol. The lowest BCUT2D eigenvalue weighted by Gasteiger charge is -2.12. The second kappa shape index (κ2) is 28.4. The van der Waals surface area contributed by atoms with Crippen molar-refractivity contribution in [2.24, 2.45) is 0 Å². The Bertz CT molecular complexity index is 569. The number of nitrogens with one attached hydrogen (secondary N) is 1. The summed E-state index contributed by atoms with van der Waals surface area (Å²) in [5, 5.41) is 12.0. The molecule has 0 rings (SSSR count). The summed E-state index contributed by atoms with van der Waals surface area (Å²) in [6, 6.07) is 0. The Hall–Kier alpha value is -1.63. The van der Waals surface area contributed by atoms with Gasteiger partial charge in [0.15, 0.2) is 0 Å². The van der Waals surface area contributed by atoms with Gasteiger partial charge in [0.1, 0.15) is 25.9 Å². The Morgan fingerprint density at radius 1 is 0.579 bits per heavy atom. The zero-order valence-corrected chi connectivity index (χ0v) is 24.7. The smallest absolute Gasteiger partial charge is 0.325 e. The first kappa shape index (κ1) is 36.4. The highest BCUT2D eigenvalue weighted by atomic mass is 16.6. The van der Waals surface area contributed by atoms with Crippen LogP contribution in [-0.4, -0.2) is 48.8 Å². The largest absolute Gasteiger partial charge is 0.463 e. The van der Waals surface area contributed by atoms with Crippen molar-refractivity contribution in [1.82, 2.24) is 5.32 Å². The van der Waals surface area contributed by atoms with E-state index in [1.165, 1.54) is 122 Å². The lowest BCUT2D eigenvalue weighted by atomic mass is 10.0. The van der Waals surface area contributed by atoms with E-state index in [2.05, 4.69) is 12.2 Å². The lowest BCUT2D eigenvalue weighted by molar-refractivity contribution is -0.152. The molecule has 0 aliphatic carbocycles. The Morgan fingerprint density at radius 3 is 1.29 bits per heavy atom. The van der Waals surface area contributed by atoms with Gasteiger partial charge in [-0.05, 0) is 6.42 Å². The van der Waals surface area contributed by atoms with E-state index in [4.69, 9.17) is 9.47 Å². The van der Waals surface area contributed by atoms with Gasteiger partial charge in [0.05, 0.1) is 0 Å². The Morgan fingerprint density at radius 2 is 0.921 bits per heavy atom. The number of aliphatic hydroxyl groups excluding tert-OH is 1. The van der Waals surface area contributed by atoms with Crippen LogP contribution in [0.4, 0.5) is 0 Å². The summed E-state index contributed by atoms with van der Waals surface area (Å²) < 4.78 is 9.83. The van der Waals surface area contributed by atoms with Crippen LogP contribution in [0.15, 0.2) is 0 Å². The molecule has 0 aromatic carbocycles. The average Bonchev–Trinajstić information content (AvgIpc) is 2.90. The molecular formula is C31H59NO6. The molecule has 0 spiro atoms. The molecule has 0 aliphatic rings. The van der Waals surface area contributed by atoms with Crippen LogP contribution in [0.1, 0.15) is 155 Å². The first-order chi connectivity index (χ1) is 18.5. The van der Waals surface area contributed by atoms with Gasteiger partial charge < -0.3 is 19.9 Å². The van der Waals surface area contributed by atoms with E-state index in [0.29, 0.717) is 6.42 Å². The fraction of sp³-hybridized carbons (Fsp3) is 0.903. The number of carbonyl (C=O) groups excluding carboxylic acids is 3. The standard InChI is InChI=1S/C31H59NO6/c1-3-4-5-6-7-8-9-10-11-12-13-14-15-16-17-18-19-20-21-22-23-24-30(35)37-26-29(34)27-38-31(36)25-32-28(2)33/h29,34H,3-27H2,1-2H3,(H,32,33). The Labute approximate surface area is 233 Å². The van der Waals surface area contributed by atoms with Gasteiger partial charge in [-0.2, -0.15) is 0 Å². The van der Waals surface area contributed by atoms with Crippen molar-refractivity contribution in [2.75, 3.05) is 19.8 Å². The van der Waals surface area contributed by atoms with E-state index in [1.807, 2.05) is 0 Å². The number of esters is 2. The van der Waals surface area contributed by atoms with Crippen LogP contribution >= 0.6 is 0 Å². The zero-order valence-electron chi connectivity index (χ0n) is 24.7. The Balaban J connectivity index is 3.29. The molecule has 0 bridgehead atoms. The van der Waals surface area contributed by atoms with Gasteiger partial charge in [0.2, 0.25) is 5.91 Å². The van der Waals surface area contributed by atoms with E-state index in [0.717, 1.165) is 19.3 Å². The molecule has 1 unspecified atom stereocenters. The SMILES string of the molecule is CCCCCCCCCCCCCCCCCCCCCCCC(=O)OCC(O)COC(=O)CNC(C)=O. The van der Waals surface area contributed by atoms with E-state index < -0.39 is 12.1 Å². The third-order valence-electron chi connectivity index (χ3n) is 6.84. The maximum Gasteiger partial charge on any atom is 0.325 e. The number of rotatable bonds is 28. The van der Waals surface area contributed by atoms with Gasteiger partial charge in [-0.15, -0.1) is 0 Å². The Kier molecular flexibility index (Phi) is 27.2. The van der Waals surface area contributed by atoms with Crippen molar-refractivity contribution in [3.05, 3.63) is 0 Å². The summed E-state index contributed by atoms with van der Waals surface area (Å²) in [5.41, 5.74) is 0. The quantitative estimate of drug-likeness (QED) is 0.0804. The minimum absolute atomic E-state index is 0.203. The number of unbranched alkanes of at least 4 members (excludes halogenated alkanes) is 20. The zero-order chi connectivity index (χ0) is 28.1. The van der Waals surface area contributed by atoms with Crippen LogP contribution in [0.25, 0.3) is 0 Å². The number of carbonyl (C=O) groups is 3. The summed E-state index contributed by atoms with van der Waals surface area (Å²) >= 11 is 0. The molecule has 224 valence electrons. The van der Waals surface area contributed by atoms with Crippen LogP contribution in [0.2, 0.25) is 0 Å². The van der Waals surface area contributed by atoms with Crippen LogP contribution in [0, 0.1) is 0 Å². The maximum absolute atomic E-state index is 11.8. The van der Waals surface area contributed by atoms with Gasteiger partial charge in [0.25, 0.3) is 0 Å². The third-order valence-corrected chi connectivity index (χ3v) is 6.84. The van der Waals surface area contributed by atoms with Crippen molar-refractivity contribution >= 4 is 17.8 Å². The predicted molar refractivity (Wildman–Crippen MR) is 154 cm³/mol. The number of aliphatic hydroxyl groups is 1. The second-order valence-electron chi connectivity index (χ2n) is 10.8. The van der Waals surface area contributed by atoms with Gasteiger partial charge >= 0.3 is 11.9 Å². The van der Waals surface area contributed by atoms with Crippen LogP contribution in [0.3, 0.4) is 0 Å². The first-order valence-electron chi connectivity index (χ1n) is 15.7. The molecule has 7 heteroatoms. The summed E-state index contributed by atoms with van der Waals surface area (Å²) in [7, 11) is 0. The minimum atomic E-state index is -1.07. The molecule has 0 fully saturated rings. The van der Waals surface area contributed by atoms with Crippen molar-refractivity contribution < 1.29 is 29.0 Å². The maximum atomic E-state index is 11.8. The summed E-state index contributed by atoms with van der Waals surface area (Å²) in [6.45, 7) is 2.85. The van der Waals surface area contributed by atoms with Gasteiger partial charge in [0, 0.05) is 13.3 Å². The number of amides is 1. The van der Waals surface area contributed by atoms with Gasteiger partial charge in [-0.1, -0.05) is 135 Å². The monoisotopic (exact) mass is 541 g/mol. The fourth-order valence-electron chi connectivity index (χ4n) is 4.45. The number of hydrogen-bond donors (Lipinski definition) is 2. The minimum Gasteiger partial charge on any atom is -0.463 e. The molecule has 0 saturated carbocycles. The van der Waals surface area contributed by atoms with Crippen molar-refractivity contribution in [2.45, 2.75) is 161 Å². The molecule has 0 aromatic rings. The third kappa shape index (κ3) is 28.9. The van der Waals surface area contributed by atoms with Crippen molar-refractivity contribution in [3.8, 4) is 0 Å². The van der Waals surface area contributed by atoms with Crippen LogP contribution in [-0.2, 0) is 23.9 Å². The molecule has 1 atom stereocenters. The van der Waals surface area contributed by atoms with Crippen LogP contribution in [0.5, 0.6) is 0 Å². The topological polar surface area (TPSA) is 102 Å². The number of ether oxygens (including phenoxy) is 2. The normalized spacial score (nSPS) is 11.8.